The Morgan fingerprint density at radius 1 is 1.30 bits per heavy atom. The van der Waals surface area contributed by atoms with Crippen molar-refractivity contribution >= 4 is 11.0 Å². The fourth-order valence-electron chi connectivity index (χ4n) is 2.57. The summed E-state index contributed by atoms with van der Waals surface area (Å²) in [4.78, 5) is 4.44. The number of aryl methyl sites for hydroxylation is 1. The Kier molecular flexibility index (Phi) is 3.55. The summed E-state index contributed by atoms with van der Waals surface area (Å²) in [6, 6.07) is 9.84. The summed E-state index contributed by atoms with van der Waals surface area (Å²) in [6.07, 6.45) is 0. The zero-order valence-electron chi connectivity index (χ0n) is 12.8. The highest BCUT2D eigenvalue weighted by Gasteiger charge is 2.11. The summed E-state index contributed by atoms with van der Waals surface area (Å²) < 4.78 is 13.2. The van der Waals surface area contributed by atoms with E-state index in [1.165, 1.54) is 0 Å². The second-order valence-corrected chi connectivity index (χ2v) is 5.46. The van der Waals surface area contributed by atoms with Crippen LogP contribution in [-0.2, 0) is 20.2 Å². The quantitative estimate of drug-likeness (QED) is 0.788. The molecule has 2 aromatic heterocycles. The maximum absolute atomic E-state index is 5.79. The molecular formula is C16H17N5O2. The Morgan fingerprint density at radius 3 is 3.22 bits per heavy atom. The van der Waals surface area contributed by atoms with Crippen molar-refractivity contribution in [1.29, 1.82) is 0 Å². The van der Waals surface area contributed by atoms with Gasteiger partial charge in [0.05, 0.1) is 5.52 Å². The first-order chi connectivity index (χ1) is 11.3. The second kappa shape index (κ2) is 5.85. The number of fused-ring (bicyclic) bond motifs is 2. The summed E-state index contributed by atoms with van der Waals surface area (Å²) >= 11 is 0. The van der Waals surface area contributed by atoms with Gasteiger partial charge in [-0.25, -0.2) is 4.68 Å². The third-order valence-corrected chi connectivity index (χ3v) is 3.81. The molecule has 7 heteroatoms. The lowest BCUT2D eigenvalue weighted by Gasteiger charge is -2.09. The highest BCUT2D eigenvalue weighted by Crippen LogP contribution is 2.22. The van der Waals surface area contributed by atoms with Crippen LogP contribution in [-0.4, -0.2) is 33.1 Å². The highest BCUT2D eigenvalue weighted by molar-refractivity contribution is 5.74. The SMILES string of the molecule is Cn1nnc2cc(COc3ccc4c(n3)OCCNC4)ccc21. The van der Waals surface area contributed by atoms with Gasteiger partial charge >= 0.3 is 0 Å². The van der Waals surface area contributed by atoms with Crippen LogP contribution in [0.5, 0.6) is 11.8 Å². The summed E-state index contributed by atoms with van der Waals surface area (Å²) in [5.74, 6) is 1.21. The van der Waals surface area contributed by atoms with Gasteiger partial charge in [0.15, 0.2) is 0 Å². The molecule has 1 N–H and O–H groups in total. The standard InChI is InChI=1S/C16H17N5O2/c1-21-14-4-2-11(8-13(14)19-20-21)10-23-15-5-3-12-9-17-6-7-22-16(12)18-15/h2-5,8,17H,6-7,9-10H2,1H3. The van der Waals surface area contributed by atoms with E-state index in [9.17, 15) is 0 Å². The van der Waals surface area contributed by atoms with Crippen molar-refractivity contribution in [2.45, 2.75) is 13.2 Å². The third-order valence-electron chi connectivity index (χ3n) is 3.81. The van der Waals surface area contributed by atoms with Crippen molar-refractivity contribution in [3.05, 3.63) is 41.5 Å². The lowest BCUT2D eigenvalue weighted by Crippen LogP contribution is -2.16. The molecule has 23 heavy (non-hydrogen) atoms. The van der Waals surface area contributed by atoms with Crippen LogP contribution < -0.4 is 14.8 Å². The number of benzene rings is 1. The van der Waals surface area contributed by atoms with Crippen LogP contribution in [0.1, 0.15) is 11.1 Å². The number of aromatic nitrogens is 4. The fraction of sp³-hybridized carbons (Fsp3) is 0.312. The number of nitrogens with one attached hydrogen (secondary N) is 1. The number of rotatable bonds is 3. The van der Waals surface area contributed by atoms with Gasteiger partial charge in [0.25, 0.3) is 0 Å². The monoisotopic (exact) mass is 311 g/mol. The third kappa shape index (κ3) is 2.83. The van der Waals surface area contributed by atoms with Crippen LogP contribution >= 0.6 is 0 Å². The van der Waals surface area contributed by atoms with Gasteiger partial charge in [0.1, 0.15) is 18.7 Å². The van der Waals surface area contributed by atoms with Gasteiger partial charge in [-0.2, -0.15) is 4.98 Å². The normalized spacial score (nSPS) is 14.1. The van der Waals surface area contributed by atoms with Crippen LogP contribution in [0.15, 0.2) is 30.3 Å². The lowest BCUT2D eigenvalue weighted by atomic mass is 10.2. The summed E-state index contributed by atoms with van der Waals surface area (Å²) in [5, 5.41) is 11.4. The lowest BCUT2D eigenvalue weighted by molar-refractivity contribution is 0.276. The summed E-state index contributed by atoms with van der Waals surface area (Å²) in [7, 11) is 1.87. The molecular weight excluding hydrogens is 294 g/mol. The molecule has 0 unspecified atom stereocenters. The Hall–Kier alpha value is -2.67. The van der Waals surface area contributed by atoms with Crippen molar-refractivity contribution in [2.75, 3.05) is 13.2 Å². The largest absolute Gasteiger partial charge is 0.476 e. The molecule has 7 nitrogen and oxygen atoms in total. The Bertz CT molecular complexity index is 846. The Morgan fingerprint density at radius 2 is 2.26 bits per heavy atom. The zero-order valence-corrected chi connectivity index (χ0v) is 12.8. The Balaban J connectivity index is 1.50. The molecule has 0 atom stereocenters. The second-order valence-electron chi connectivity index (χ2n) is 5.46. The van der Waals surface area contributed by atoms with E-state index in [-0.39, 0.29) is 0 Å². The number of ether oxygens (including phenoxy) is 2. The molecule has 118 valence electrons. The molecule has 0 spiro atoms. The van der Waals surface area contributed by atoms with E-state index < -0.39 is 0 Å². The summed E-state index contributed by atoms with van der Waals surface area (Å²) in [5.41, 5.74) is 3.93. The topological polar surface area (TPSA) is 74.1 Å². The smallest absolute Gasteiger partial charge is 0.221 e. The first-order valence-electron chi connectivity index (χ1n) is 7.54. The van der Waals surface area contributed by atoms with Crippen LogP contribution in [0.4, 0.5) is 0 Å². The van der Waals surface area contributed by atoms with E-state index >= 15 is 0 Å². The van der Waals surface area contributed by atoms with Crippen molar-refractivity contribution in [3.8, 4) is 11.8 Å². The van der Waals surface area contributed by atoms with Gasteiger partial charge in [-0.15, -0.1) is 5.10 Å². The Labute approximate surface area is 133 Å². The molecule has 0 radical (unpaired) electrons. The average Bonchev–Trinajstić information content (AvgIpc) is 2.80. The van der Waals surface area contributed by atoms with E-state index in [0.717, 1.165) is 35.2 Å². The van der Waals surface area contributed by atoms with Gasteiger partial charge in [0, 0.05) is 31.8 Å². The molecule has 3 heterocycles. The molecule has 1 aliphatic heterocycles. The van der Waals surface area contributed by atoms with E-state index in [4.69, 9.17) is 9.47 Å². The summed E-state index contributed by atoms with van der Waals surface area (Å²) in [6.45, 7) is 2.64. The van der Waals surface area contributed by atoms with E-state index in [1.54, 1.807) is 4.68 Å². The molecule has 0 saturated heterocycles. The highest BCUT2D eigenvalue weighted by atomic mass is 16.5. The van der Waals surface area contributed by atoms with E-state index in [0.29, 0.717) is 25.0 Å². The van der Waals surface area contributed by atoms with E-state index in [1.807, 2.05) is 37.4 Å². The first-order valence-corrected chi connectivity index (χ1v) is 7.54. The maximum Gasteiger partial charge on any atom is 0.221 e. The van der Waals surface area contributed by atoms with Gasteiger partial charge < -0.3 is 14.8 Å². The van der Waals surface area contributed by atoms with Crippen LogP contribution in [0.3, 0.4) is 0 Å². The molecule has 1 aromatic carbocycles. The van der Waals surface area contributed by atoms with Crippen LogP contribution in [0.2, 0.25) is 0 Å². The minimum Gasteiger partial charge on any atom is -0.476 e. The molecule has 0 fully saturated rings. The van der Waals surface area contributed by atoms with Gasteiger partial charge in [0.2, 0.25) is 11.8 Å². The van der Waals surface area contributed by atoms with Gasteiger partial charge in [-0.1, -0.05) is 11.3 Å². The predicted molar refractivity (Wildman–Crippen MR) is 84.3 cm³/mol. The van der Waals surface area contributed by atoms with Crippen LogP contribution in [0.25, 0.3) is 11.0 Å². The van der Waals surface area contributed by atoms with E-state index in [2.05, 4.69) is 20.6 Å². The number of hydrogen-bond acceptors (Lipinski definition) is 6. The van der Waals surface area contributed by atoms with Crippen molar-refractivity contribution < 1.29 is 9.47 Å². The van der Waals surface area contributed by atoms with Crippen LogP contribution in [0, 0.1) is 0 Å². The maximum atomic E-state index is 5.79. The van der Waals surface area contributed by atoms with Crippen molar-refractivity contribution in [1.82, 2.24) is 25.3 Å². The average molecular weight is 311 g/mol. The molecule has 1 aliphatic rings. The molecule has 0 aliphatic carbocycles. The molecule has 4 rings (SSSR count). The molecule has 0 bridgehead atoms. The zero-order chi connectivity index (χ0) is 15.6. The number of pyridine rings is 1. The minimum atomic E-state index is 0.427. The van der Waals surface area contributed by atoms with Gasteiger partial charge in [-0.05, 0) is 23.8 Å². The first kappa shape index (κ1) is 14.0. The molecule has 0 saturated carbocycles. The molecule has 0 amide bonds. The van der Waals surface area contributed by atoms with Crippen molar-refractivity contribution in [2.24, 2.45) is 7.05 Å². The van der Waals surface area contributed by atoms with Gasteiger partial charge in [-0.3, -0.25) is 0 Å². The number of nitrogens with zero attached hydrogens (tertiary/aromatic N) is 4. The fourth-order valence-corrected chi connectivity index (χ4v) is 2.57. The minimum absolute atomic E-state index is 0.427. The predicted octanol–water partition coefficient (Wildman–Crippen LogP) is 1.42. The van der Waals surface area contributed by atoms with Crippen molar-refractivity contribution in [3.63, 3.8) is 0 Å². The molecule has 3 aromatic rings. The number of hydrogen-bond donors (Lipinski definition) is 1.